The van der Waals surface area contributed by atoms with Gasteiger partial charge in [-0.3, -0.25) is 5.32 Å². The van der Waals surface area contributed by atoms with Gasteiger partial charge in [0.05, 0.1) is 34.2 Å². The second-order valence-electron chi connectivity index (χ2n) is 14.3. The Labute approximate surface area is 321 Å². The van der Waals surface area contributed by atoms with Crippen LogP contribution in [-0.2, 0) is 17.6 Å². The molecule has 1 amide bonds. The van der Waals surface area contributed by atoms with Crippen molar-refractivity contribution in [1.82, 2.24) is 39.5 Å². The molecule has 0 radical (unpaired) electrons. The second kappa shape index (κ2) is 15.8. The Kier molecular flexibility index (Phi) is 11.3. The van der Waals surface area contributed by atoms with Crippen LogP contribution in [0, 0.1) is 0 Å². The molecule has 0 saturated heterocycles. The minimum atomic E-state index is -0.827. The van der Waals surface area contributed by atoms with Crippen LogP contribution in [0.5, 0.6) is 0 Å². The Hall–Kier alpha value is -4.95. The average molecular weight is 780 g/mol. The molecule has 2 aliphatic carbocycles. The maximum atomic E-state index is 13.5. The van der Waals surface area contributed by atoms with Crippen LogP contribution in [0.1, 0.15) is 88.5 Å². The Morgan fingerprint density at radius 2 is 1.30 bits per heavy atom. The van der Waals surface area contributed by atoms with Gasteiger partial charge in [-0.1, -0.05) is 54.9 Å². The molecule has 0 bridgehead atoms. The number of amides is 1. The summed E-state index contributed by atoms with van der Waals surface area (Å²) in [5.74, 6) is 0.711. The van der Waals surface area contributed by atoms with E-state index in [2.05, 4.69) is 30.4 Å². The van der Waals surface area contributed by atoms with Gasteiger partial charge in [0.15, 0.2) is 11.3 Å². The van der Waals surface area contributed by atoms with E-state index in [4.69, 9.17) is 38.8 Å². The molecule has 4 heterocycles. The fourth-order valence-corrected chi connectivity index (χ4v) is 6.91. The molecule has 0 spiro atoms. The SMILES string of the molecule is C.CC(C)(C)OC(=O)Nc1ncnc2c1c(Cc1cccc(Cl)c1)nn2C1CC(F)C1.Nc1ncnc2c1c(Cc1cccc(Cl)c1)nn2C1CC(F)C1. The predicted molar refractivity (Wildman–Crippen MR) is 206 cm³/mol. The topological polar surface area (TPSA) is 152 Å². The van der Waals surface area contributed by atoms with Crippen molar-refractivity contribution >= 4 is 63.0 Å². The molecule has 284 valence electrons. The largest absolute Gasteiger partial charge is 0.444 e. The number of fused-ring (bicyclic) bond motifs is 2. The van der Waals surface area contributed by atoms with Crippen LogP contribution in [0.4, 0.5) is 25.2 Å². The first-order valence-corrected chi connectivity index (χ1v) is 18.0. The number of halogens is 4. The van der Waals surface area contributed by atoms with Crippen LogP contribution in [0.3, 0.4) is 0 Å². The molecule has 2 saturated carbocycles. The molecule has 16 heteroatoms. The van der Waals surface area contributed by atoms with E-state index in [1.807, 2.05) is 42.5 Å². The molecular formula is C38H42Cl2F2N10O2. The average Bonchev–Trinajstić information content (AvgIpc) is 3.60. The number of nitrogens with one attached hydrogen (secondary N) is 1. The van der Waals surface area contributed by atoms with E-state index in [1.165, 1.54) is 12.7 Å². The lowest BCUT2D eigenvalue weighted by atomic mass is 9.91. The van der Waals surface area contributed by atoms with Crippen LogP contribution in [0.2, 0.25) is 10.0 Å². The van der Waals surface area contributed by atoms with Gasteiger partial charge in [0, 0.05) is 48.6 Å². The lowest BCUT2D eigenvalue weighted by molar-refractivity contribution is 0.0635. The molecule has 6 aromatic rings. The van der Waals surface area contributed by atoms with E-state index in [9.17, 15) is 13.6 Å². The maximum absolute atomic E-state index is 13.5. The fraction of sp³-hybridized carbons (Fsp3) is 0.395. The number of alkyl halides is 2. The lowest BCUT2D eigenvalue weighted by Crippen LogP contribution is -2.29. The third-order valence-corrected chi connectivity index (χ3v) is 9.57. The van der Waals surface area contributed by atoms with Crippen molar-refractivity contribution in [3.63, 3.8) is 0 Å². The number of aromatic nitrogens is 8. The number of carbonyl (C=O) groups is 1. The molecule has 4 aromatic heterocycles. The molecule has 8 rings (SSSR count). The van der Waals surface area contributed by atoms with Gasteiger partial charge in [-0.2, -0.15) is 10.2 Å². The molecule has 3 N–H and O–H groups in total. The first-order valence-electron chi connectivity index (χ1n) is 17.3. The van der Waals surface area contributed by atoms with Crippen molar-refractivity contribution in [2.24, 2.45) is 0 Å². The zero-order chi connectivity index (χ0) is 37.4. The van der Waals surface area contributed by atoms with Crippen molar-refractivity contribution in [3.05, 3.63) is 93.7 Å². The van der Waals surface area contributed by atoms with Crippen LogP contribution in [0.25, 0.3) is 22.1 Å². The highest BCUT2D eigenvalue weighted by Crippen LogP contribution is 2.39. The first-order chi connectivity index (χ1) is 25.3. The highest BCUT2D eigenvalue weighted by Gasteiger charge is 2.35. The minimum absolute atomic E-state index is 0. The molecular weight excluding hydrogens is 737 g/mol. The van der Waals surface area contributed by atoms with E-state index in [0.717, 1.165) is 22.2 Å². The minimum Gasteiger partial charge on any atom is -0.444 e. The standard InChI is InChI=1S/C21H23ClFN5O2.C16H15ClFN5.CH4/c1-21(2,3)30-20(29)26-18-17-16(8-12-5-4-6-13(22)7-12)27-28(15-9-14(23)10-15)19(17)25-11-24-18;17-10-3-1-2-9(4-10)5-13-14-15(19)20-8-21-16(14)23(22-13)12-6-11(18)7-12;/h4-7,11,14-15H,8-10H2,1-3H3,(H,24,25,26,29);1-4,8,11-12H,5-7H2,(H2,19,20,21);1H4. The van der Waals surface area contributed by atoms with Gasteiger partial charge in [-0.15, -0.1) is 0 Å². The smallest absolute Gasteiger partial charge is 0.413 e. The van der Waals surface area contributed by atoms with Crippen molar-refractivity contribution in [2.75, 3.05) is 11.1 Å². The summed E-state index contributed by atoms with van der Waals surface area (Å²) in [5, 5.41) is 14.8. The summed E-state index contributed by atoms with van der Waals surface area (Å²) in [7, 11) is 0. The van der Waals surface area contributed by atoms with Crippen LogP contribution < -0.4 is 11.1 Å². The molecule has 2 aromatic carbocycles. The Balaban J connectivity index is 0.000000187. The predicted octanol–water partition coefficient (Wildman–Crippen LogP) is 9.05. The van der Waals surface area contributed by atoms with Gasteiger partial charge < -0.3 is 10.5 Å². The Bertz CT molecular complexity index is 2280. The highest BCUT2D eigenvalue weighted by molar-refractivity contribution is 6.30. The summed E-state index contributed by atoms with van der Waals surface area (Å²) < 4.78 is 35.6. The summed E-state index contributed by atoms with van der Waals surface area (Å²) >= 11 is 12.2. The van der Waals surface area contributed by atoms with Crippen LogP contribution in [-0.4, -0.2) is 63.5 Å². The van der Waals surface area contributed by atoms with Gasteiger partial charge in [0.2, 0.25) is 0 Å². The van der Waals surface area contributed by atoms with E-state index in [-0.39, 0.29) is 19.5 Å². The van der Waals surface area contributed by atoms with E-state index in [1.54, 1.807) is 36.2 Å². The second-order valence-corrected chi connectivity index (χ2v) is 15.2. The molecule has 2 fully saturated rings. The number of anilines is 2. The zero-order valence-corrected chi connectivity index (χ0v) is 30.8. The molecule has 0 aliphatic heterocycles. The Morgan fingerprint density at radius 3 is 1.78 bits per heavy atom. The van der Waals surface area contributed by atoms with E-state index in [0.29, 0.717) is 82.6 Å². The van der Waals surface area contributed by atoms with Gasteiger partial charge >= 0.3 is 6.09 Å². The normalized spacial score (nSPS) is 19.2. The third kappa shape index (κ3) is 8.55. The summed E-state index contributed by atoms with van der Waals surface area (Å²) in [6, 6.07) is 15.1. The number of rotatable bonds is 7. The molecule has 54 heavy (non-hydrogen) atoms. The number of nitrogens with two attached hydrogens (primary N) is 1. The first kappa shape index (κ1) is 38.8. The fourth-order valence-electron chi connectivity index (χ4n) is 6.49. The van der Waals surface area contributed by atoms with Gasteiger partial charge in [0.1, 0.15) is 42.2 Å². The van der Waals surface area contributed by atoms with Crippen molar-refractivity contribution in [1.29, 1.82) is 0 Å². The molecule has 0 unspecified atom stereocenters. The van der Waals surface area contributed by atoms with Gasteiger partial charge in [-0.25, -0.2) is 42.9 Å². The summed E-state index contributed by atoms with van der Waals surface area (Å²) in [5.41, 5.74) is 10.1. The lowest BCUT2D eigenvalue weighted by Gasteiger charge is -2.29. The summed E-state index contributed by atoms with van der Waals surface area (Å²) in [6.45, 7) is 5.36. The summed E-state index contributed by atoms with van der Waals surface area (Å²) in [4.78, 5) is 29.4. The van der Waals surface area contributed by atoms with E-state index < -0.39 is 24.0 Å². The number of ether oxygens (including phenoxy) is 1. The Morgan fingerprint density at radius 1 is 0.815 bits per heavy atom. The van der Waals surface area contributed by atoms with Gasteiger partial charge in [-0.05, 0) is 56.2 Å². The highest BCUT2D eigenvalue weighted by atomic mass is 35.5. The number of benzene rings is 2. The number of carbonyl (C=O) groups excluding carboxylic acids is 1. The van der Waals surface area contributed by atoms with Crippen LogP contribution in [0.15, 0.2) is 61.2 Å². The third-order valence-electron chi connectivity index (χ3n) is 9.10. The van der Waals surface area contributed by atoms with E-state index >= 15 is 0 Å². The maximum Gasteiger partial charge on any atom is 0.413 e. The number of hydrogen-bond acceptors (Lipinski definition) is 9. The quantitative estimate of drug-likeness (QED) is 0.162. The van der Waals surface area contributed by atoms with Gasteiger partial charge in [0.25, 0.3) is 0 Å². The zero-order valence-electron chi connectivity index (χ0n) is 29.3. The number of nitrogen functional groups attached to an aromatic ring is 1. The number of hydrogen-bond donors (Lipinski definition) is 2. The van der Waals surface area contributed by atoms with Crippen molar-refractivity contribution < 1.29 is 18.3 Å². The molecule has 2 aliphatic rings. The summed E-state index contributed by atoms with van der Waals surface area (Å²) in [6.07, 6.45) is 3.36. The van der Waals surface area contributed by atoms with Crippen LogP contribution >= 0.6 is 23.2 Å². The van der Waals surface area contributed by atoms with Crippen molar-refractivity contribution in [3.8, 4) is 0 Å². The molecule has 12 nitrogen and oxygen atoms in total. The van der Waals surface area contributed by atoms with Crippen molar-refractivity contribution in [2.45, 2.75) is 96.8 Å². The number of nitrogens with zero attached hydrogens (tertiary/aromatic N) is 8. The molecule has 0 atom stereocenters. The monoisotopic (exact) mass is 778 g/mol.